The molecular weight excluding hydrogens is 454 g/mol. The van der Waals surface area contributed by atoms with Crippen LogP contribution in [0.1, 0.15) is 37.0 Å². The summed E-state index contributed by atoms with van der Waals surface area (Å²) in [4.78, 5) is 35.5. The molecule has 1 aliphatic heterocycles. The Morgan fingerprint density at radius 2 is 1.69 bits per heavy atom. The van der Waals surface area contributed by atoms with Crippen LogP contribution in [0, 0.1) is 5.92 Å². The number of hydrogen-bond acceptors (Lipinski definition) is 5. The highest BCUT2D eigenvalue weighted by Crippen LogP contribution is 2.29. The first-order valence-corrected chi connectivity index (χ1v) is 11.9. The maximum atomic E-state index is 12.9. The Morgan fingerprint density at radius 1 is 1.00 bits per heavy atom. The largest absolute Gasteiger partial charge is 0.326 e. The molecule has 1 saturated heterocycles. The fraction of sp³-hybridized carbons (Fsp3) is 0.318. The summed E-state index contributed by atoms with van der Waals surface area (Å²) in [5.74, 6) is -1.04. The van der Waals surface area contributed by atoms with Gasteiger partial charge in [0.25, 0.3) is 0 Å². The fourth-order valence-electron chi connectivity index (χ4n) is 3.52. The zero-order valence-corrected chi connectivity index (χ0v) is 19.3. The van der Waals surface area contributed by atoms with Gasteiger partial charge in [0.05, 0.1) is 15.6 Å². The van der Waals surface area contributed by atoms with E-state index < -0.39 is 10.0 Å². The van der Waals surface area contributed by atoms with Crippen LogP contribution in [0.3, 0.4) is 0 Å². The monoisotopic (exact) mass is 477 g/mol. The average molecular weight is 478 g/mol. The predicted molar refractivity (Wildman–Crippen MR) is 122 cm³/mol. The molecule has 2 amide bonds. The molecule has 0 unspecified atom stereocenters. The van der Waals surface area contributed by atoms with Gasteiger partial charge in [0.2, 0.25) is 21.8 Å². The molecule has 2 N–H and O–H groups in total. The number of nitrogens with one attached hydrogen (secondary N) is 2. The number of sulfonamides is 1. The zero-order chi connectivity index (χ0) is 23.5. The van der Waals surface area contributed by atoms with E-state index in [0.717, 1.165) is 0 Å². The van der Waals surface area contributed by atoms with Gasteiger partial charge in [-0.1, -0.05) is 23.7 Å². The van der Waals surface area contributed by atoms with Crippen LogP contribution in [0.15, 0.2) is 47.4 Å². The van der Waals surface area contributed by atoms with E-state index in [9.17, 15) is 22.8 Å². The van der Waals surface area contributed by atoms with E-state index in [1.54, 1.807) is 30.3 Å². The molecule has 0 aromatic heterocycles. The number of halogens is 1. The van der Waals surface area contributed by atoms with E-state index in [4.69, 9.17) is 11.6 Å². The lowest BCUT2D eigenvalue weighted by molar-refractivity contribution is -0.121. The third-order valence-corrected chi connectivity index (χ3v) is 7.46. The number of benzene rings is 2. The molecule has 0 saturated carbocycles. The molecule has 3 rings (SSSR count). The molecule has 32 heavy (non-hydrogen) atoms. The Balaban J connectivity index is 1.63. The summed E-state index contributed by atoms with van der Waals surface area (Å²) in [6.45, 7) is 3.16. The molecular formula is C22H24ClN3O5S. The number of hydrogen-bond donors (Lipinski definition) is 2. The molecule has 1 fully saturated rings. The maximum absolute atomic E-state index is 12.9. The minimum atomic E-state index is -3.75. The highest BCUT2D eigenvalue weighted by Gasteiger charge is 2.32. The number of anilines is 2. The van der Waals surface area contributed by atoms with Gasteiger partial charge in [-0.15, -0.1) is 0 Å². The Hall–Kier alpha value is -2.75. The topological polar surface area (TPSA) is 113 Å². The number of carbonyl (C=O) groups excluding carboxylic acids is 3. The number of nitrogens with zero attached hydrogens (tertiary/aromatic N) is 1. The Labute approximate surface area is 192 Å². The van der Waals surface area contributed by atoms with Crippen LogP contribution in [-0.4, -0.2) is 43.4 Å². The van der Waals surface area contributed by atoms with Crippen LogP contribution in [0.4, 0.5) is 11.4 Å². The van der Waals surface area contributed by atoms with Gasteiger partial charge in [0.1, 0.15) is 0 Å². The van der Waals surface area contributed by atoms with Crippen LogP contribution >= 0.6 is 11.6 Å². The smallest absolute Gasteiger partial charge is 0.243 e. The normalized spacial score (nSPS) is 15.2. The summed E-state index contributed by atoms with van der Waals surface area (Å²) >= 11 is 6.20. The first kappa shape index (κ1) is 23.9. The number of rotatable bonds is 6. The summed E-state index contributed by atoms with van der Waals surface area (Å²) in [5.41, 5.74) is 1.27. The van der Waals surface area contributed by atoms with E-state index in [2.05, 4.69) is 10.6 Å². The van der Waals surface area contributed by atoms with Crippen molar-refractivity contribution < 1.29 is 22.8 Å². The Morgan fingerprint density at radius 3 is 2.28 bits per heavy atom. The number of carbonyl (C=O) groups is 3. The second-order valence-corrected chi connectivity index (χ2v) is 9.97. The van der Waals surface area contributed by atoms with Gasteiger partial charge in [-0.3, -0.25) is 14.4 Å². The van der Waals surface area contributed by atoms with Crippen molar-refractivity contribution >= 4 is 50.6 Å². The molecule has 2 aromatic carbocycles. The molecule has 0 spiro atoms. The van der Waals surface area contributed by atoms with Crippen LogP contribution in [-0.2, 0) is 19.6 Å². The van der Waals surface area contributed by atoms with Crippen LogP contribution < -0.4 is 10.6 Å². The minimum absolute atomic E-state index is 0.0687. The van der Waals surface area contributed by atoms with Gasteiger partial charge in [-0.25, -0.2) is 8.42 Å². The van der Waals surface area contributed by atoms with Crippen molar-refractivity contribution in [3.05, 3.63) is 53.1 Å². The molecule has 0 atom stereocenters. The number of ketones is 1. The molecule has 0 aliphatic carbocycles. The molecule has 0 radical (unpaired) electrons. The number of piperidine rings is 1. The third kappa shape index (κ3) is 5.53. The predicted octanol–water partition coefficient (Wildman–Crippen LogP) is 3.54. The van der Waals surface area contributed by atoms with Crippen LogP contribution in [0.5, 0.6) is 0 Å². The third-order valence-electron chi connectivity index (χ3n) is 5.25. The van der Waals surface area contributed by atoms with E-state index in [0.29, 0.717) is 29.8 Å². The first-order valence-electron chi connectivity index (χ1n) is 10.1. The quantitative estimate of drug-likeness (QED) is 0.618. The first-order chi connectivity index (χ1) is 15.1. The lowest BCUT2D eigenvalue weighted by atomic mass is 9.97. The second-order valence-electron chi connectivity index (χ2n) is 7.63. The van der Waals surface area contributed by atoms with Gasteiger partial charge in [0.15, 0.2) is 5.78 Å². The van der Waals surface area contributed by atoms with E-state index >= 15 is 0 Å². The van der Waals surface area contributed by atoms with Crippen molar-refractivity contribution in [2.45, 2.75) is 31.6 Å². The van der Waals surface area contributed by atoms with Gasteiger partial charge >= 0.3 is 0 Å². The highest BCUT2D eigenvalue weighted by molar-refractivity contribution is 7.89. The van der Waals surface area contributed by atoms with Gasteiger partial charge in [-0.05, 0) is 50.1 Å². The molecule has 1 aliphatic rings. The minimum Gasteiger partial charge on any atom is -0.326 e. The van der Waals surface area contributed by atoms with Crippen molar-refractivity contribution in [3.63, 3.8) is 0 Å². The molecule has 8 nitrogen and oxygen atoms in total. The molecule has 10 heteroatoms. The van der Waals surface area contributed by atoms with Crippen molar-refractivity contribution in [2.24, 2.45) is 5.92 Å². The maximum Gasteiger partial charge on any atom is 0.243 e. The van der Waals surface area contributed by atoms with Crippen LogP contribution in [0.25, 0.3) is 0 Å². The summed E-state index contributed by atoms with van der Waals surface area (Å²) in [5, 5.41) is 5.68. The fourth-order valence-corrected chi connectivity index (χ4v) is 5.26. The van der Waals surface area contributed by atoms with E-state index in [1.807, 2.05) is 0 Å². The SMILES string of the molecule is CC(=O)Nc1ccc(NC(=O)C2CCN(S(=O)(=O)c3cccc(C(C)=O)c3)CC2)c(Cl)c1. The van der Waals surface area contributed by atoms with E-state index in [1.165, 1.54) is 30.3 Å². The average Bonchev–Trinajstić information content (AvgIpc) is 2.75. The lowest BCUT2D eigenvalue weighted by Crippen LogP contribution is -2.41. The molecule has 170 valence electrons. The van der Waals surface area contributed by atoms with Crippen molar-refractivity contribution in [1.29, 1.82) is 0 Å². The van der Waals surface area contributed by atoms with Crippen molar-refractivity contribution in [1.82, 2.24) is 4.31 Å². The molecule has 2 aromatic rings. The Kier molecular flexibility index (Phi) is 7.33. The lowest BCUT2D eigenvalue weighted by Gasteiger charge is -2.30. The Bertz CT molecular complexity index is 1160. The summed E-state index contributed by atoms with van der Waals surface area (Å²) in [7, 11) is -3.75. The standard InChI is InChI=1S/C22H24ClN3O5S/c1-14(27)17-4-3-5-19(12-17)32(30,31)26-10-8-16(9-11-26)22(29)25-21-7-6-18(13-20(21)23)24-15(2)28/h3-7,12-13,16H,8-11H2,1-2H3,(H,24,28)(H,25,29). The highest BCUT2D eigenvalue weighted by atomic mass is 35.5. The molecule has 1 heterocycles. The number of amides is 2. The summed E-state index contributed by atoms with van der Waals surface area (Å²) < 4.78 is 27.2. The molecule has 0 bridgehead atoms. The van der Waals surface area contributed by atoms with Crippen LogP contribution in [0.2, 0.25) is 5.02 Å². The second kappa shape index (κ2) is 9.81. The van der Waals surface area contributed by atoms with Gasteiger partial charge in [-0.2, -0.15) is 4.31 Å². The summed E-state index contributed by atoms with van der Waals surface area (Å²) in [6, 6.07) is 10.7. The zero-order valence-electron chi connectivity index (χ0n) is 17.7. The summed E-state index contributed by atoms with van der Waals surface area (Å²) in [6.07, 6.45) is 0.720. The van der Waals surface area contributed by atoms with Crippen molar-refractivity contribution in [2.75, 3.05) is 23.7 Å². The van der Waals surface area contributed by atoms with Crippen molar-refractivity contribution in [3.8, 4) is 0 Å². The number of Topliss-reactive ketones (excluding diaryl/α,β-unsaturated/α-hetero) is 1. The van der Waals surface area contributed by atoms with Gasteiger partial charge < -0.3 is 10.6 Å². The van der Waals surface area contributed by atoms with E-state index in [-0.39, 0.29) is 46.5 Å². The van der Waals surface area contributed by atoms with Gasteiger partial charge in [0, 0.05) is 37.2 Å².